The van der Waals surface area contributed by atoms with Crippen LogP contribution < -0.4 is 4.74 Å². The molecule has 0 aliphatic carbocycles. The number of halogens is 1. The molecule has 6 heteroatoms. The van der Waals surface area contributed by atoms with Gasteiger partial charge in [-0.1, -0.05) is 0 Å². The van der Waals surface area contributed by atoms with E-state index in [1.807, 2.05) is 0 Å². The predicted molar refractivity (Wildman–Crippen MR) is 45.3 cm³/mol. The second-order valence-electron chi connectivity index (χ2n) is 2.27. The molecule has 70 valence electrons. The Morgan fingerprint density at radius 2 is 2.15 bits per heavy atom. The molecule has 0 aromatic carbocycles. The fraction of sp³-hybridized carbons (Fsp3) is 0.286. The summed E-state index contributed by atoms with van der Waals surface area (Å²) in [7, 11) is 1.35. The number of carboxylic acids is 1. The van der Waals surface area contributed by atoms with Crippen LogP contribution in [-0.4, -0.2) is 28.2 Å². The van der Waals surface area contributed by atoms with Crippen LogP contribution in [0.2, 0.25) is 5.28 Å². The molecule has 1 heterocycles. The van der Waals surface area contributed by atoms with Crippen molar-refractivity contribution in [3.8, 4) is 5.75 Å². The van der Waals surface area contributed by atoms with Crippen LogP contribution in [0.4, 0.5) is 0 Å². The molecule has 1 N–H and O–H groups in total. The summed E-state index contributed by atoms with van der Waals surface area (Å²) in [6.45, 7) is 1.60. The van der Waals surface area contributed by atoms with Crippen LogP contribution in [0.25, 0.3) is 0 Å². The summed E-state index contributed by atoms with van der Waals surface area (Å²) in [6.07, 6.45) is 0. The van der Waals surface area contributed by atoms with Gasteiger partial charge in [0.25, 0.3) is 0 Å². The number of hydrogen-bond acceptors (Lipinski definition) is 4. The number of hydrogen-bond donors (Lipinski definition) is 1. The van der Waals surface area contributed by atoms with Crippen LogP contribution >= 0.6 is 11.6 Å². The summed E-state index contributed by atoms with van der Waals surface area (Å²) in [5.41, 5.74) is 0.180. The van der Waals surface area contributed by atoms with Crippen LogP contribution in [0.3, 0.4) is 0 Å². The van der Waals surface area contributed by atoms with Crippen LogP contribution in [0, 0.1) is 6.92 Å². The lowest BCUT2D eigenvalue weighted by Crippen LogP contribution is -2.07. The Morgan fingerprint density at radius 1 is 1.54 bits per heavy atom. The summed E-state index contributed by atoms with van der Waals surface area (Å²) >= 11 is 5.48. The van der Waals surface area contributed by atoms with E-state index in [1.54, 1.807) is 6.92 Å². The molecular formula is C7H7ClN2O3. The largest absolute Gasteiger partial charge is 0.492 e. The highest BCUT2D eigenvalue weighted by atomic mass is 35.5. The van der Waals surface area contributed by atoms with Crippen LogP contribution in [0.1, 0.15) is 16.2 Å². The summed E-state index contributed by atoms with van der Waals surface area (Å²) < 4.78 is 4.83. The molecule has 0 atom stereocenters. The Kier molecular flexibility index (Phi) is 2.67. The maximum atomic E-state index is 10.7. The van der Waals surface area contributed by atoms with E-state index in [4.69, 9.17) is 21.4 Å². The second-order valence-corrected chi connectivity index (χ2v) is 2.60. The Labute approximate surface area is 79.3 Å². The fourth-order valence-electron chi connectivity index (χ4n) is 0.918. The Bertz CT molecular complexity index is 354. The maximum Gasteiger partial charge on any atom is 0.358 e. The van der Waals surface area contributed by atoms with E-state index in [0.717, 1.165) is 0 Å². The fourth-order valence-corrected chi connectivity index (χ4v) is 1.13. The Hall–Kier alpha value is -1.36. The molecule has 1 rings (SSSR count). The zero-order chi connectivity index (χ0) is 10.0. The summed E-state index contributed by atoms with van der Waals surface area (Å²) in [5.74, 6) is -1.05. The first-order valence-corrected chi connectivity index (χ1v) is 3.75. The van der Waals surface area contributed by atoms with Gasteiger partial charge in [0.15, 0.2) is 11.4 Å². The number of methoxy groups -OCH3 is 1. The van der Waals surface area contributed by atoms with Crippen molar-refractivity contribution in [3.05, 3.63) is 16.7 Å². The molecule has 0 aliphatic rings. The lowest BCUT2D eigenvalue weighted by atomic mass is 10.3. The molecule has 1 aromatic heterocycles. The molecule has 0 aliphatic heterocycles. The molecule has 0 bridgehead atoms. The number of carbonyl (C=O) groups is 1. The van der Waals surface area contributed by atoms with E-state index < -0.39 is 5.97 Å². The van der Waals surface area contributed by atoms with Crippen molar-refractivity contribution >= 4 is 17.6 Å². The molecule has 0 amide bonds. The number of aromatic nitrogens is 2. The Morgan fingerprint density at radius 3 is 2.62 bits per heavy atom. The molecule has 0 radical (unpaired) electrons. The van der Waals surface area contributed by atoms with Crippen molar-refractivity contribution in [1.29, 1.82) is 0 Å². The lowest BCUT2D eigenvalue weighted by Gasteiger charge is -2.06. The van der Waals surface area contributed by atoms with Crippen molar-refractivity contribution in [2.45, 2.75) is 6.92 Å². The zero-order valence-electron chi connectivity index (χ0n) is 7.04. The average Bonchev–Trinajstić information content (AvgIpc) is 2.02. The minimum atomic E-state index is -1.19. The number of aryl methyl sites for hydroxylation is 1. The monoisotopic (exact) mass is 202 g/mol. The minimum Gasteiger partial charge on any atom is -0.492 e. The van der Waals surface area contributed by atoms with E-state index in [0.29, 0.717) is 5.69 Å². The van der Waals surface area contributed by atoms with Gasteiger partial charge in [-0.2, -0.15) is 0 Å². The summed E-state index contributed by atoms with van der Waals surface area (Å²) in [4.78, 5) is 17.9. The van der Waals surface area contributed by atoms with Gasteiger partial charge in [-0.25, -0.2) is 14.8 Å². The number of rotatable bonds is 2. The van der Waals surface area contributed by atoms with Gasteiger partial charge in [-0.3, -0.25) is 0 Å². The van der Waals surface area contributed by atoms with Crippen LogP contribution in [0.15, 0.2) is 0 Å². The SMILES string of the molecule is COc1c(C)nc(Cl)nc1C(=O)O. The van der Waals surface area contributed by atoms with Crippen molar-refractivity contribution in [2.75, 3.05) is 7.11 Å². The molecule has 0 fully saturated rings. The highest BCUT2D eigenvalue weighted by molar-refractivity contribution is 6.28. The summed E-state index contributed by atoms with van der Waals surface area (Å²) in [6, 6.07) is 0. The van der Waals surface area contributed by atoms with Crippen molar-refractivity contribution in [2.24, 2.45) is 0 Å². The van der Waals surface area contributed by atoms with Gasteiger partial charge >= 0.3 is 5.97 Å². The summed E-state index contributed by atoms with van der Waals surface area (Å²) in [5, 5.41) is 8.62. The maximum absolute atomic E-state index is 10.7. The van der Waals surface area contributed by atoms with E-state index in [1.165, 1.54) is 7.11 Å². The van der Waals surface area contributed by atoms with Crippen molar-refractivity contribution < 1.29 is 14.6 Å². The number of aromatic carboxylic acids is 1. The van der Waals surface area contributed by atoms with Gasteiger partial charge in [0.1, 0.15) is 0 Å². The first-order valence-electron chi connectivity index (χ1n) is 3.37. The third-order valence-corrected chi connectivity index (χ3v) is 1.58. The van der Waals surface area contributed by atoms with E-state index in [9.17, 15) is 4.79 Å². The lowest BCUT2D eigenvalue weighted by molar-refractivity contribution is 0.0686. The first-order chi connectivity index (χ1) is 6.06. The van der Waals surface area contributed by atoms with Crippen molar-refractivity contribution in [3.63, 3.8) is 0 Å². The number of nitrogens with zero attached hydrogens (tertiary/aromatic N) is 2. The number of carboxylic acid groups (broad SMARTS) is 1. The third-order valence-electron chi connectivity index (χ3n) is 1.41. The Balaban J connectivity index is 3.38. The van der Waals surface area contributed by atoms with Gasteiger partial charge in [-0.15, -0.1) is 0 Å². The van der Waals surface area contributed by atoms with Crippen LogP contribution in [-0.2, 0) is 0 Å². The molecule has 0 spiro atoms. The molecule has 5 nitrogen and oxygen atoms in total. The second kappa shape index (κ2) is 3.57. The number of ether oxygens (including phenoxy) is 1. The van der Waals surface area contributed by atoms with Gasteiger partial charge in [-0.05, 0) is 18.5 Å². The van der Waals surface area contributed by atoms with E-state index >= 15 is 0 Å². The van der Waals surface area contributed by atoms with E-state index in [2.05, 4.69) is 9.97 Å². The standard InChI is InChI=1S/C7H7ClN2O3/c1-3-5(13-2)4(6(11)12)10-7(8)9-3/h1-2H3,(H,11,12). The van der Waals surface area contributed by atoms with E-state index in [-0.39, 0.29) is 16.7 Å². The third kappa shape index (κ3) is 1.86. The van der Waals surface area contributed by atoms with Gasteiger partial charge in [0.2, 0.25) is 5.28 Å². The molecule has 0 saturated carbocycles. The normalized spacial score (nSPS) is 9.77. The van der Waals surface area contributed by atoms with Crippen molar-refractivity contribution in [1.82, 2.24) is 9.97 Å². The molecule has 13 heavy (non-hydrogen) atoms. The molecular weight excluding hydrogens is 196 g/mol. The quantitative estimate of drug-likeness (QED) is 0.729. The zero-order valence-corrected chi connectivity index (χ0v) is 7.79. The molecule has 0 saturated heterocycles. The molecule has 0 unspecified atom stereocenters. The van der Waals surface area contributed by atoms with Gasteiger partial charge in [0.05, 0.1) is 12.8 Å². The highest BCUT2D eigenvalue weighted by Gasteiger charge is 2.17. The minimum absolute atomic E-state index is 0.101. The average molecular weight is 203 g/mol. The van der Waals surface area contributed by atoms with Gasteiger partial charge in [0, 0.05) is 0 Å². The topological polar surface area (TPSA) is 72.3 Å². The highest BCUT2D eigenvalue weighted by Crippen LogP contribution is 2.21. The molecule has 1 aromatic rings. The smallest absolute Gasteiger partial charge is 0.358 e. The predicted octanol–water partition coefficient (Wildman–Crippen LogP) is 1.15. The van der Waals surface area contributed by atoms with Gasteiger partial charge < -0.3 is 9.84 Å². The van der Waals surface area contributed by atoms with Crippen LogP contribution in [0.5, 0.6) is 5.75 Å². The first kappa shape index (κ1) is 9.73.